The predicted molar refractivity (Wildman–Crippen MR) is 68.6 cm³/mol. The second-order valence-electron chi connectivity index (χ2n) is 4.51. The zero-order chi connectivity index (χ0) is 12.0. The molecular formula is C13H25N3. The van der Waals surface area contributed by atoms with Gasteiger partial charge >= 0.3 is 0 Å². The summed E-state index contributed by atoms with van der Waals surface area (Å²) in [6.45, 7) is 7.64. The number of nitrogens with zero attached hydrogens (tertiary/aromatic N) is 2. The van der Waals surface area contributed by atoms with E-state index in [-0.39, 0.29) is 0 Å². The summed E-state index contributed by atoms with van der Waals surface area (Å²) in [6, 6.07) is 0.682. The molecule has 16 heavy (non-hydrogen) atoms. The van der Waals surface area contributed by atoms with Gasteiger partial charge in [-0.25, -0.2) is 0 Å². The number of aryl methyl sites for hydroxylation is 2. The van der Waals surface area contributed by atoms with Crippen molar-refractivity contribution in [3.05, 3.63) is 17.5 Å². The Morgan fingerprint density at radius 3 is 2.69 bits per heavy atom. The van der Waals surface area contributed by atoms with Gasteiger partial charge in [0, 0.05) is 19.3 Å². The molecule has 3 nitrogen and oxygen atoms in total. The number of nitrogens with one attached hydrogen (secondary N) is 1. The first-order valence-corrected chi connectivity index (χ1v) is 6.39. The van der Waals surface area contributed by atoms with E-state index in [4.69, 9.17) is 0 Å². The molecule has 0 aliphatic heterocycles. The molecule has 3 heteroatoms. The Kier molecular flexibility index (Phi) is 5.53. The van der Waals surface area contributed by atoms with Gasteiger partial charge in [0.1, 0.15) is 0 Å². The van der Waals surface area contributed by atoms with E-state index in [2.05, 4.69) is 37.4 Å². The third kappa shape index (κ3) is 3.97. The second kappa shape index (κ2) is 6.69. The Bertz CT molecular complexity index is 304. The van der Waals surface area contributed by atoms with Crippen LogP contribution in [0.2, 0.25) is 0 Å². The summed E-state index contributed by atoms with van der Waals surface area (Å²) >= 11 is 0. The van der Waals surface area contributed by atoms with Gasteiger partial charge in [0.2, 0.25) is 0 Å². The van der Waals surface area contributed by atoms with Crippen LogP contribution in [-0.4, -0.2) is 22.4 Å². The Hall–Kier alpha value is -0.830. The van der Waals surface area contributed by atoms with Crippen LogP contribution in [0.4, 0.5) is 0 Å². The average molecular weight is 223 g/mol. The Balaban J connectivity index is 2.32. The van der Waals surface area contributed by atoms with E-state index in [0.29, 0.717) is 6.04 Å². The molecule has 1 N–H and O–H groups in total. The maximum atomic E-state index is 4.35. The van der Waals surface area contributed by atoms with Crippen molar-refractivity contribution in [2.24, 2.45) is 7.05 Å². The molecular weight excluding hydrogens is 198 g/mol. The zero-order valence-corrected chi connectivity index (χ0v) is 11.1. The number of aromatic nitrogens is 2. The predicted octanol–water partition coefficient (Wildman–Crippen LogP) is 2.44. The second-order valence-corrected chi connectivity index (χ2v) is 4.51. The van der Waals surface area contributed by atoms with E-state index in [1.807, 2.05) is 11.7 Å². The minimum Gasteiger partial charge on any atom is -0.314 e. The highest BCUT2D eigenvalue weighted by molar-refractivity contribution is 5.15. The first-order valence-electron chi connectivity index (χ1n) is 6.39. The lowest BCUT2D eigenvalue weighted by molar-refractivity contribution is 0.466. The fourth-order valence-electron chi connectivity index (χ4n) is 2.10. The van der Waals surface area contributed by atoms with Crippen LogP contribution in [0.15, 0.2) is 6.20 Å². The molecule has 1 heterocycles. The van der Waals surface area contributed by atoms with Crippen LogP contribution < -0.4 is 5.32 Å². The van der Waals surface area contributed by atoms with E-state index < -0.39 is 0 Å². The first kappa shape index (κ1) is 13.2. The maximum Gasteiger partial charge on any atom is 0.0626 e. The van der Waals surface area contributed by atoms with Crippen molar-refractivity contribution >= 4 is 0 Å². The minimum atomic E-state index is 0.682. The van der Waals surface area contributed by atoms with Crippen molar-refractivity contribution < 1.29 is 0 Å². The van der Waals surface area contributed by atoms with Gasteiger partial charge in [0.05, 0.1) is 5.69 Å². The van der Waals surface area contributed by atoms with Crippen LogP contribution in [0.3, 0.4) is 0 Å². The van der Waals surface area contributed by atoms with Crippen molar-refractivity contribution in [3.63, 3.8) is 0 Å². The van der Waals surface area contributed by atoms with Gasteiger partial charge in [-0.2, -0.15) is 5.10 Å². The molecule has 0 spiro atoms. The molecule has 1 unspecified atom stereocenters. The Morgan fingerprint density at radius 2 is 2.19 bits per heavy atom. The smallest absolute Gasteiger partial charge is 0.0626 e. The lowest BCUT2D eigenvalue weighted by Crippen LogP contribution is -2.30. The van der Waals surface area contributed by atoms with Gasteiger partial charge in [-0.05, 0) is 38.3 Å². The van der Waals surface area contributed by atoms with Crippen LogP contribution in [-0.2, 0) is 13.5 Å². The maximum absolute atomic E-state index is 4.35. The molecule has 92 valence electrons. The third-order valence-electron chi connectivity index (χ3n) is 3.07. The molecule has 0 aliphatic carbocycles. The summed E-state index contributed by atoms with van der Waals surface area (Å²) in [7, 11) is 1.98. The topological polar surface area (TPSA) is 29.9 Å². The fraction of sp³-hybridized carbons (Fsp3) is 0.769. The zero-order valence-electron chi connectivity index (χ0n) is 11.1. The van der Waals surface area contributed by atoms with E-state index in [1.165, 1.54) is 24.8 Å². The number of hydrogen-bond donors (Lipinski definition) is 1. The highest BCUT2D eigenvalue weighted by atomic mass is 15.2. The molecule has 1 rings (SSSR count). The summed E-state index contributed by atoms with van der Waals surface area (Å²) in [5.74, 6) is 0. The molecule has 0 amide bonds. The molecule has 0 aromatic carbocycles. The molecule has 0 fully saturated rings. The normalized spacial score (nSPS) is 13.0. The lowest BCUT2D eigenvalue weighted by Gasteiger charge is -2.15. The molecule has 0 saturated carbocycles. The lowest BCUT2D eigenvalue weighted by atomic mass is 10.1. The highest BCUT2D eigenvalue weighted by Crippen LogP contribution is 2.06. The first-order chi connectivity index (χ1) is 7.67. The van der Waals surface area contributed by atoms with Gasteiger partial charge in [-0.1, -0.05) is 20.3 Å². The highest BCUT2D eigenvalue weighted by Gasteiger charge is 2.06. The van der Waals surface area contributed by atoms with Crippen LogP contribution in [0, 0.1) is 6.92 Å². The van der Waals surface area contributed by atoms with Crippen LogP contribution in [0.5, 0.6) is 0 Å². The largest absolute Gasteiger partial charge is 0.314 e. The van der Waals surface area contributed by atoms with Gasteiger partial charge in [0.25, 0.3) is 0 Å². The van der Waals surface area contributed by atoms with Gasteiger partial charge in [-0.3, -0.25) is 4.68 Å². The Morgan fingerprint density at radius 1 is 1.44 bits per heavy atom. The van der Waals surface area contributed by atoms with Crippen molar-refractivity contribution in [1.29, 1.82) is 0 Å². The standard InChI is InChI=1S/C13H25N3/c1-5-7-13(6-2)14-9-8-12-10-16(4)15-11(12)3/h10,13-14H,5-9H2,1-4H3. The average Bonchev–Trinajstić information content (AvgIpc) is 2.56. The van der Waals surface area contributed by atoms with E-state index >= 15 is 0 Å². The molecule has 0 aliphatic rings. The van der Waals surface area contributed by atoms with Crippen LogP contribution >= 0.6 is 0 Å². The molecule has 0 saturated heterocycles. The minimum absolute atomic E-state index is 0.682. The fourth-order valence-corrected chi connectivity index (χ4v) is 2.10. The van der Waals surface area contributed by atoms with Gasteiger partial charge < -0.3 is 5.32 Å². The number of rotatable bonds is 7. The van der Waals surface area contributed by atoms with Crippen LogP contribution in [0.1, 0.15) is 44.4 Å². The van der Waals surface area contributed by atoms with E-state index in [9.17, 15) is 0 Å². The summed E-state index contributed by atoms with van der Waals surface area (Å²) in [5.41, 5.74) is 2.52. The van der Waals surface area contributed by atoms with Crippen molar-refractivity contribution in [2.45, 2.75) is 52.5 Å². The number of hydrogen-bond acceptors (Lipinski definition) is 2. The quantitative estimate of drug-likeness (QED) is 0.769. The third-order valence-corrected chi connectivity index (χ3v) is 3.07. The Labute approximate surface area is 99.2 Å². The molecule has 1 aromatic rings. The summed E-state index contributed by atoms with van der Waals surface area (Å²) in [5, 5.41) is 7.97. The molecule has 1 atom stereocenters. The monoisotopic (exact) mass is 223 g/mol. The SMILES string of the molecule is CCCC(CC)NCCc1cn(C)nc1C. The summed E-state index contributed by atoms with van der Waals surface area (Å²) in [4.78, 5) is 0. The van der Waals surface area contributed by atoms with Crippen molar-refractivity contribution in [2.75, 3.05) is 6.54 Å². The van der Waals surface area contributed by atoms with E-state index in [1.54, 1.807) is 0 Å². The summed E-state index contributed by atoms with van der Waals surface area (Å²) < 4.78 is 1.90. The van der Waals surface area contributed by atoms with Crippen LogP contribution in [0.25, 0.3) is 0 Å². The molecule has 1 aromatic heterocycles. The van der Waals surface area contributed by atoms with Gasteiger partial charge in [0.15, 0.2) is 0 Å². The molecule has 0 bridgehead atoms. The molecule has 0 radical (unpaired) electrons. The van der Waals surface area contributed by atoms with Gasteiger partial charge in [-0.15, -0.1) is 0 Å². The van der Waals surface area contributed by atoms with Crippen molar-refractivity contribution in [1.82, 2.24) is 15.1 Å². The van der Waals surface area contributed by atoms with E-state index in [0.717, 1.165) is 18.7 Å². The summed E-state index contributed by atoms with van der Waals surface area (Å²) in [6.07, 6.45) is 6.97. The van der Waals surface area contributed by atoms with Crippen molar-refractivity contribution in [3.8, 4) is 0 Å².